The number of carbonyl (C=O) groups is 1. The van der Waals surface area contributed by atoms with E-state index in [0.29, 0.717) is 11.3 Å². The molecule has 0 aromatic heterocycles. The van der Waals surface area contributed by atoms with Gasteiger partial charge < -0.3 is 11.1 Å². The summed E-state index contributed by atoms with van der Waals surface area (Å²) >= 11 is 0. The molecule has 0 aliphatic carbocycles. The van der Waals surface area contributed by atoms with Crippen molar-refractivity contribution in [3.8, 4) is 0 Å². The average molecular weight is 398 g/mol. The van der Waals surface area contributed by atoms with Gasteiger partial charge in [-0.25, -0.2) is 13.1 Å². The second kappa shape index (κ2) is 9.14. The van der Waals surface area contributed by atoms with Crippen LogP contribution >= 0.6 is 12.4 Å². The van der Waals surface area contributed by atoms with E-state index < -0.39 is 16.1 Å². The van der Waals surface area contributed by atoms with E-state index in [-0.39, 0.29) is 29.3 Å². The molecule has 8 heteroatoms. The highest BCUT2D eigenvalue weighted by Crippen LogP contribution is 2.17. The second-order valence-electron chi connectivity index (χ2n) is 6.18. The van der Waals surface area contributed by atoms with Gasteiger partial charge in [-0.3, -0.25) is 4.79 Å². The van der Waals surface area contributed by atoms with E-state index in [0.717, 1.165) is 5.56 Å². The Labute approximate surface area is 160 Å². The van der Waals surface area contributed by atoms with Crippen molar-refractivity contribution in [2.75, 3.05) is 5.32 Å². The maximum atomic E-state index is 12.3. The predicted molar refractivity (Wildman–Crippen MR) is 106 cm³/mol. The number of benzene rings is 2. The lowest BCUT2D eigenvalue weighted by molar-refractivity contribution is -0.117. The number of nitrogens with two attached hydrogens (primary N) is 1. The van der Waals surface area contributed by atoms with E-state index >= 15 is 0 Å². The summed E-state index contributed by atoms with van der Waals surface area (Å²) in [5.74, 6) is -0.361. The number of nitrogens with one attached hydrogen (secondary N) is 2. The number of carbonyl (C=O) groups excluding carboxylic acids is 1. The number of aryl methyl sites for hydroxylation is 1. The molecule has 1 amide bonds. The number of hydrogen-bond donors (Lipinski definition) is 3. The van der Waals surface area contributed by atoms with Crippen molar-refractivity contribution >= 4 is 34.0 Å². The summed E-state index contributed by atoms with van der Waals surface area (Å²) in [7, 11) is -3.56. The molecule has 0 bridgehead atoms. The minimum atomic E-state index is -3.56. The van der Waals surface area contributed by atoms with Gasteiger partial charge in [0.1, 0.15) is 6.04 Å². The van der Waals surface area contributed by atoms with Gasteiger partial charge in [0.25, 0.3) is 0 Å². The van der Waals surface area contributed by atoms with Crippen LogP contribution in [0.2, 0.25) is 0 Å². The van der Waals surface area contributed by atoms with Crippen LogP contribution in [0.15, 0.2) is 53.4 Å². The Kier molecular flexibility index (Phi) is 7.77. The van der Waals surface area contributed by atoms with Crippen LogP contribution in [-0.4, -0.2) is 20.4 Å². The van der Waals surface area contributed by atoms with Gasteiger partial charge in [0, 0.05) is 11.7 Å². The molecule has 1 atom stereocenters. The van der Waals surface area contributed by atoms with Crippen LogP contribution in [0.4, 0.5) is 5.69 Å². The molecule has 0 radical (unpaired) electrons. The van der Waals surface area contributed by atoms with Gasteiger partial charge in [0.05, 0.1) is 4.90 Å². The maximum absolute atomic E-state index is 12.3. The van der Waals surface area contributed by atoms with Crippen molar-refractivity contribution in [2.24, 2.45) is 5.73 Å². The van der Waals surface area contributed by atoms with Crippen LogP contribution in [0, 0.1) is 6.92 Å². The summed E-state index contributed by atoms with van der Waals surface area (Å²) in [4.78, 5) is 12.4. The number of anilines is 1. The van der Waals surface area contributed by atoms with Crippen LogP contribution in [0.25, 0.3) is 0 Å². The Hall–Kier alpha value is -1.93. The van der Waals surface area contributed by atoms with Crippen LogP contribution < -0.4 is 15.8 Å². The smallest absolute Gasteiger partial charge is 0.245 e. The topological polar surface area (TPSA) is 101 Å². The van der Waals surface area contributed by atoms with Gasteiger partial charge in [0.15, 0.2) is 0 Å². The monoisotopic (exact) mass is 397 g/mol. The van der Waals surface area contributed by atoms with Crippen molar-refractivity contribution in [3.05, 3.63) is 59.7 Å². The highest BCUT2D eigenvalue weighted by molar-refractivity contribution is 7.89. The number of hydrogen-bond acceptors (Lipinski definition) is 4. The van der Waals surface area contributed by atoms with Gasteiger partial charge in [-0.2, -0.15) is 0 Å². The Bertz CT molecular complexity index is 835. The van der Waals surface area contributed by atoms with Gasteiger partial charge >= 0.3 is 0 Å². The first kappa shape index (κ1) is 22.1. The summed E-state index contributed by atoms with van der Waals surface area (Å²) in [5, 5.41) is 2.70. The van der Waals surface area contributed by atoms with E-state index in [1.807, 2.05) is 31.2 Å². The predicted octanol–water partition coefficient (Wildman–Crippen LogP) is 2.74. The zero-order chi connectivity index (χ0) is 18.6. The van der Waals surface area contributed by atoms with Gasteiger partial charge in [-0.15, -0.1) is 12.4 Å². The Morgan fingerprint density at radius 2 is 1.54 bits per heavy atom. The summed E-state index contributed by atoms with van der Waals surface area (Å²) in [5.41, 5.74) is 8.25. The van der Waals surface area contributed by atoms with Crippen molar-refractivity contribution in [2.45, 2.75) is 37.8 Å². The van der Waals surface area contributed by atoms with E-state index in [1.54, 1.807) is 13.8 Å². The molecular weight excluding hydrogens is 374 g/mol. The number of halogens is 1. The highest BCUT2D eigenvalue weighted by Gasteiger charge is 2.17. The van der Waals surface area contributed by atoms with E-state index in [1.165, 1.54) is 24.3 Å². The first-order valence-electron chi connectivity index (χ1n) is 7.94. The van der Waals surface area contributed by atoms with Gasteiger partial charge in [-0.1, -0.05) is 29.8 Å². The fourth-order valence-corrected chi connectivity index (χ4v) is 3.49. The van der Waals surface area contributed by atoms with Crippen LogP contribution in [0.5, 0.6) is 0 Å². The molecule has 0 heterocycles. The lowest BCUT2D eigenvalue weighted by Gasteiger charge is -2.14. The standard InChI is InChI=1S/C18H23N3O3S.ClH/c1-12(2)21-25(23,24)16-10-8-15(9-11-16)20-18(22)17(19)14-6-4-13(3)5-7-14;/h4-12,17,21H,19H2,1-3H3,(H,20,22);1H. The molecule has 0 saturated heterocycles. The molecule has 0 aliphatic rings. The molecule has 2 aromatic carbocycles. The Morgan fingerprint density at radius 1 is 1.00 bits per heavy atom. The summed E-state index contributed by atoms with van der Waals surface area (Å²) in [6.07, 6.45) is 0. The SMILES string of the molecule is Cc1ccc(C(N)C(=O)Nc2ccc(S(=O)(=O)NC(C)C)cc2)cc1.Cl. The summed E-state index contributed by atoms with van der Waals surface area (Å²) < 4.78 is 26.7. The van der Waals surface area contributed by atoms with E-state index in [2.05, 4.69) is 10.0 Å². The van der Waals surface area contributed by atoms with Crippen LogP contribution in [-0.2, 0) is 14.8 Å². The number of amides is 1. The molecule has 0 aliphatic heterocycles. The summed E-state index contributed by atoms with van der Waals surface area (Å²) in [6, 6.07) is 12.4. The van der Waals surface area contributed by atoms with Crippen LogP contribution in [0.3, 0.4) is 0 Å². The lowest BCUT2D eigenvalue weighted by Crippen LogP contribution is -2.30. The zero-order valence-electron chi connectivity index (χ0n) is 14.9. The largest absolute Gasteiger partial charge is 0.324 e. The number of rotatable bonds is 6. The molecule has 4 N–H and O–H groups in total. The first-order valence-corrected chi connectivity index (χ1v) is 9.43. The second-order valence-corrected chi connectivity index (χ2v) is 7.89. The molecular formula is C18H24ClN3O3S. The third kappa shape index (κ3) is 5.81. The van der Waals surface area contributed by atoms with E-state index in [4.69, 9.17) is 5.73 Å². The number of sulfonamides is 1. The van der Waals surface area contributed by atoms with Crippen molar-refractivity contribution < 1.29 is 13.2 Å². The lowest BCUT2D eigenvalue weighted by atomic mass is 10.1. The highest BCUT2D eigenvalue weighted by atomic mass is 35.5. The third-order valence-electron chi connectivity index (χ3n) is 3.54. The van der Waals surface area contributed by atoms with Crippen LogP contribution in [0.1, 0.15) is 31.0 Å². The molecule has 142 valence electrons. The molecule has 6 nitrogen and oxygen atoms in total. The third-order valence-corrected chi connectivity index (χ3v) is 5.22. The van der Waals surface area contributed by atoms with Gasteiger partial charge in [-0.05, 0) is 50.6 Å². The van der Waals surface area contributed by atoms with Crippen molar-refractivity contribution in [1.29, 1.82) is 0 Å². The first-order chi connectivity index (χ1) is 11.7. The molecule has 2 aromatic rings. The quantitative estimate of drug-likeness (QED) is 0.697. The molecule has 2 rings (SSSR count). The normalized spacial score (nSPS) is 12.3. The summed E-state index contributed by atoms with van der Waals surface area (Å²) in [6.45, 7) is 5.45. The molecule has 1 unspecified atom stereocenters. The molecule has 0 spiro atoms. The van der Waals surface area contributed by atoms with E-state index in [9.17, 15) is 13.2 Å². The minimum absolute atomic E-state index is 0. The van der Waals surface area contributed by atoms with Crippen molar-refractivity contribution in [3.63, 3.8) is 0 Å². The zero-order valence-corrected chi connectivity index (χ0v) is 16.5. The Balaban J connectivity index is 0.00000338. The molecule has 0 saturated carbocycles. The molecule has 26 heavy (non-hydrogen) atoms. The molecule has 0 fully saturated rings. The fourth-order valence-electron chi connectivity index (χ4n) is 2.24. The van der Waals surface area contributed by atoms with Gasteiger partial charge in [0.2, 0.25) is 15.9 Å². The maximum Gasteiger partial charge on any atom is 0.245 e. The average Bonchev–Trinajstić information content (AvgIpc) is 2.54. The fraction of sp³-hybridized carbons (Fsp3) is 0.278. The Morgan fingerprint density at radius 3 is 2.04 bits per heavy atom. The minimum Gasteiger partial charge on any atom is -0.324 e. The van der Waals surface area contributed by atoms with Crippen molar-refractivity contribution in [1.82, 2.24) is 4.72 Å².